The first-order chi connectivity index (χ1) is 11.1. The lowest BCUT2D eigenvalue weighted by atomic mass is 10.0. The van der Waals surface area contributed by atoms with Crippen molar-refractivity contribution in [1.82, 2.24) is 10.6 Å². The van der Waals surface area contributed by atoms with E-state index in [0.717, 1.165) is 5.56 Å². The molecule has 6 heteroatoms. The largest absolute Gasteiger partial charge is 0.444 e. The highest BCUT2D eigenvalue weighted by molar-refractivity contribution is 5.86. The van der Waals surface area contributed by atoms with Crippen molar-refractivity contribution in [2.75, 3.05) is 6.54 Å². The van der Waals surface area contributed by atoms with E-state index in [4.69, 9.17) is 4.74 Å². The molecule has 1 rings (SSSR count). The van der Waals surface area contributed by atoms with Crippen LogP contribution in [0.3, 0.4) is 0 Å². The summed E-state index contributed by atoms with van der Waals surface area (Å²) in [4.78, 5) is 24.3. The average Bonchev–Trinajstić information content (AvgIpc) is 2.44. The fraction of sp³-hybridized carbons (Fsp3) is 0.556. The molecule has 0 fully saturated rings. The first-order valence-corrected chi connectivity index (χ1v) is 8.08. The second-order valence-electron chi connectivity index (χ2n) is 7.17. The quantitative estimate of drug-likeness (QED) is 0.838. The van der Waals surface area contributed by atoms with Gasteiger partial charge in [-0.3, -0.25) is 4.79 Å². The van der Waals surface area contributed by atoms with Crippen LogP contribution >= 0.6 is 0 Å². The molecule has 0 spiro atoms. The van der Waals surface area contributed by atoms with E-state index >= 15 is 0 Å². The molecule has 0 unspecified atom stereocenters. The molecule has 0 aromatic heterocycles. The fourth-order valence-corrected chi connectivity index (χ4v) is 1.94. The molecule has 0 radical (unpaired) electrons. The van der Waals surface area contributed by atoms with E-state index in [-0.39, 0.29) is 18.1 Å². The smallest absolute Gasteiger partial charge is 0.408 e. The van der Waals surface area contributed by atoms with Gasteiger partial charge in [0.1, 0.15) is 17.5 Å². The Labute approximate surface area is 143 Å². The third kappa shape index (κ3) is 7.94. The molecule has 1 aromatic rings. The van der Waals surface area contributed by atoms with Crippen molar-refractivity contribution in [3.05, 3.63) is 35.6 Å². The minimum Gasteiger partial charge on any atom is -0.444 e. The van der Waals surface area contributed by atoms with Crippen LogP contribution in [0.2, 0.25) is 0 Å². The van der Waals surface area contributed by atoms with Crippen molar-refractivity contribution < 1.29 is 18.7 Å². The lowest BCUT2D eigenvalue weighted by Gasteiger charge is -2.23. The van der Waals surface area contributed by atoms with Crippen LogP contribution in [0, 0.1) is 11.7 Å². The first-order valence-electron chi connectivity index (χ1n) is 8.08. The van der Waals surface area contributed by atoms with E-state index in [1.54, 1.807) is 32.9 Å². The van der Waals surface area contributed by atoms with Gasteiger partial charge in [0.2, 0.25) is 5.91 Å². The number of halogens is 1. The van der Waals surface area contributed by atoms with E-state index in [0.29, 0.717) is 12.5 Å². The van der Waals surface area contributed by atoms with E-state index in [9.17, 15) is 14.0 Å². The topological polar surface area (TPSA) is 67.4 Å². The van der Waals surface area contributed by atoms with E-state index in [1.807, 2.05) is 13.8 Å². The van der Waals surface area contributed by atoms with Gasteiger partial charge in [-0.05, 0) is 44.4 Å². The molecule has 1 aromatic carbocycles. The normalized spacial score (nSPS) is 12.6. The maximum absolute atomic E-state index is 13.0. The van der Waals surface area contributed by atoms with Crippen molar-refractivity contribution in [3.63, 3.8) is 0 Å². The fourth-order valence-electron chi connectivity index (χ4n) is 1.94. The third-order valence-corrected chi connectivity index (χ3v) is 3.05. The van der Waals surface area contributed by atoms with Crippen LogP contribution in [0.5, 0.6) is 0 Å². The Kier molecular flexibility index (Phi) is 7.19. The molecule has 1 atom stereocenters. The summed E-state index contributed by atoms with van der Waals surface area (Å²) in [7, 11) is 0. The minimum absolute atomic E-state index is 0.253. The van der Waals surface area contributed by atoms with Gasteiger partial charge in [0, 0.05) is 13.0 Å². The highest BCUT2D eigenvalue weighted by atomic mass is 19.1. The van der Waals surface area contributed by atoms with Gasteiger partial charge in [0.05, 0.1) is 0 Å². The minimum atomic E-state index is -0.788. The lowest BCUT2D eigenvalue weighted by Crippen LogP contribution is -2.49. The van der Waals surface area contributed by atoms with Gasteiger partial charge in [0.25, 0.3) is 0 Å². The van der Waals surface area contributed by atoms with Crippen LogP contribution in [-0.2, 0) is 16.0 Å². The van der Waals surface area contributed by atoms with Gasteiger partial charge < -0.3 is 15.4 Å². The summed E-state index contributed by atoms with van der Waals surface area (Å²) in [5.74, 6) is -0.347. The van der Waals surface area contributed by atoms with Gasteiger partial charge in [-0.15, -0.1) is 0 Å². The number of amides is 2. The first kappa shape index (κ1) is 19.9. The summed E-state index contributed by atoms with van der Waals surface area (Å²) < 4.78 is 18.2. The Balaban J connectivity index is 2.79. The van der Waals surface area contributed by atoms with Crippen LogP contribution < -0.4 is 10.6 Å². The summed E-state index contributed by atoms with van der Waals surface area (Å²) in [6, 6.07) is 5.05. The van der Waals surface area contributed by atoms with Crippen LogP contribution in [-0.4, -0.2) is 30.2 Å². The molecule has 24 heavy (non-hydrogen) atoms. The molecule has 5 nitrogen and oxygen atoms in total. The summed E-state index contributed by atoms with van der Waals surface area (Å²) in [5.41, 5.74) is 0.0935. The summed E-state index contributed by atoms with van der Waals surface area (Å²) >= 11 is 0. The van der Waals surface area contributed by atoms with Crippen LogP contribution in [0.15, 0.2) is 24.3 Å². The van der Waals surface area contributed by atoms with Gasteiger partial charge >= 0.3 is 6.09 Å². The number of alkyl carbamates (subject to hydrolysis) is 1. The second kappa shape index (κ2) is 8.66. The van der Waals surface area contributed by atoms with Crippen LogP contribution in [0.4, 0.5) is 9.18 Å². The Morgan fingerprint density at radius 1 is 1.17 bits per heavy atom. The second-order valence-corrected chi connectivity index (χ2v) is 7.17. The van der Waals surface area contributed by atoms with Crippen molar-refractivity contribution >= 4 is 12.0 Å². The van der Waals surface area contributed by atoms with Gasteiger partial charge in [-0.25, -0.2) is 9.18 Å². The Bertz CT molecular complexity index is 550. The molecule has 134 valence electrons. The van der Waals surface area contributed by atoms with Crippen molar-refractivity contribution in [2.45, 2.75) is 52.7 Å². The van der Waals surface area contributed by atoms with Crippen LogP contribution in [0.25, 0.3) is 0 Å². The average molecular weight is 338 g/mol. The van der Waals surface area contributed by atoms with Gasteiger partial charge in [-0.2, -0.15) is 0 Å². The van der Waals surface area contributed by atoms with Gasteiger partial charge in [0.15, 0.2) is 0 Å². The number of hydrogen-bond donors (Lipinski definition) is 2. The zero-order valence-corrected chi connectivity index (χ0v) is 15.0. The Morgan fingerprint density at radius 2 is 1.75 bits per heavy atom. The Hall–Kier alpha value is -2.11. The predicted molar refractivity (Wildman–Crippen MR) is 91.1 cm³/mol. The number of hydrogen-bond acceptors (Lipinski definition) is 3. The van der Waals surface area contributed by atoms with Crippen molar-refractivity contribution in [3.8, 4) is 0 Å². The molecule has 0 saturated carbocycles. The summed E-state index contributed by atoms with van der Waals surface area (Å²) in [6.07, 6.45) is -0.405. The molecule has 0 saturated heterocycles. The van der Waals surface area contributed by atoms with Crippen molar-refractivity contribution in [1.29, 1.82) is 0 Å². The zero-order chi connectivity index (χ0) is 18.3. The number of carbonyl (C=O) groups excluding carboxylic acids is 2. The highest BCUT2D eigenvalue weighted by Crippen LogP contribution is 2.09. The zero-order valence-electron chi connectivity index (χ0n) is 15.0. The standard InChI is InChI=1S/C18H27FN2O3/c1-12(2)11-20-16(22)15(21-17(23)24-18(3,4)5)10-13-6-8-14(19)9-7-13/h6-9,12,15H,10-11H2,1-5H3,(H,20,22)(H,21,23)/t15-/m0/s1. The molecule has 0 bridgehead atoms. The number of carbonyl (C=O) groups is 2. The predicted octanol–water partition coefficient (Wildman–Crippen LogP) is 3.03. The molecule has 2 amide bonds. The third-order valence-electron chi connectivity index (χ3n) is 3.05. The maximum atomic E-state index is 13.0. The number of rotatable bonds is 6. The molecule has 2 N–H and O–H groups in total. The highest BCUT2D eigenvalue weighted by Gasteiger charge is 2.24. The number of nitrogens with one attached hydrogen (secondary N) is 2. The molecular formula is C18H27FN2O3. The number of benzene rings is 1. The van der Waals surface area contributed by atoms with E-state index in [2.05, 4.69) is 10.6 Å². The number of ether oxygens (including phenoxy) is 1. The van der Waals surface area contributed by atoms with E-state index < -0.39 is 17.7 Å². The molecular weight excluding hydrogens is 311 g/mol. The SMILES string of the molecule is CC(C)CNC(=O)[C@H](Cc1ccc(F)cc1)NC(=O)OC(C)(C)C. The molecule has 0 aliphatic heterocycles. The Morgan fingerprint density at radius 3 is 2.25 bits per heavy atom. The van der Waals surface area contributed by atoms with Crippen molar-refractivity contribution in [2.24, 2.45) is 5.92 Å². The monoisotopic (exact) mass is 338 g/mol. The molecule has 0 aliphatic rings. The summed E-state index contributed by atoms with van der Waals surface area (Å²) in [5, 5.41) is 5.39. The van der Waals surface area contributed by atoms with Crippen LogP contribution in [0.1, 0.15) is 40.2 Å². The lowest BCUT2D eigenvalue weighted by molar-refractivity contribution is -0.123. The van der Waals surface area contributed by atoms with Gasteiger partial charge in [-0.1, -0.05) is 26.0 Å². The molecule has 0 heterocycles. The maximum Gasteiger partial charge on any atom is 0.408 e. The molecule has 0 aliphatic carbocycles. The summed E-state index contributed by atoms with van der Waals surface area (Å²) in [6.45, 7) is 9.73. The van der Waals surface area contributed by atoms with E-state index in [1.165, 1.54) is 12.1 Å².